The van der Waals surface area contributed by atoms with E-state index >= 15 is 0 Å². The average molecular weight is 289 g/mol. The quantitative estimate of drug-likeness (QED) is 0.793. The van der Waals surface area contributed by atoms with Gasteiger partial charge in [0.15, 0.2) is 0 Å². The smallest absolute Gasteiger partial charge is 0.248 e. The van der Waals surface area contributed by atoms with Crippen LogP contribution < -0.4 is 16.8 Å². The van der Waals surface area contributed by atoms with Gasteiger partial charge >= 0.3 is 0 Å². The lowest BCUT2D eigenvalue weighted by Gasteiger charge is -2.36. The van der Waals surface area contributed by atoms with Crippen molar-refractivity contribution in [1.82, 2.24) is 0 Å². The fourth-order valence-electron chi connectivity index (χ4n) is 3.05. The van der Waals surface area contributed by atoms with Gasteiger partial charge < -0.3 is 16.8 Å². The van der Waals surface area contributed by atoms with Crippen LogP contribution in [0.15, 0.2) is 18.2 Å². The largest absolute Gasteiger partial charge is 0.382 e. The molecule has 0 aromatic heterocycles. The molecule has 2 rings (SSSR count). The van der Waals surface area contributed by atoms with Crippen LogP contribution in [0.2, 0.25) is 0 Å². The predicted octanol–water partition coefficient (Wildman–Crippen LogP) is 2.27. The van der Waals surface area contributed by atoms with Crippen LogP contribution in [0.1, 0.15) is 60.2 Å². The third kappa shape index (κ3) is 3.97. The molecule has 1 unspecified atom stereocenters. The normalized spacial score (nSPS) is 20.8. The first-order valence-electron chi connectivity index (χ1n) is 7.28. The molecule has 0 aliphatic heterocycles. The molecule has 1 aromatic carbocycles. The molecule has 0 spiro atoms. The maximum atomic E-state index is 11.4. The van der Waals surface area contributed by atoms with E-state index in [-0.39, 0.29) is 0 Å². The molecule has 5 nitrogen and oxygen atoms in total. The van der Waals surface area contributed by atoms with E-state index in [1.165, 1.54) is 18.9 Å². The van der Waals surface area contributed by atoms with Gasteiger partial charge in [-0.2, -0.15) is 0 Å². The summed E-state index contributed by atoms with van der Waals surface area (Å²) in [6.45, 7) is 4.52. The zero-order valence-corrected chi connectivity index (χ0v) is 12.6. The fourth-order valence-corrected chi connectivity index (χ4v) is 3.05. The predicted molar refractivity (Wildman–Crippen MR) is 83.1 cm³/mol. The van der Waals surface area contributed by atoms with Crippen molar-refractivity contribution in [3.8, 4) is 0 Å². The van der Waals surface area contributed by atoms with Crippen LogP contribution in [0.25, 0.3) is 0 Å². The van der Waals surface area contributed by atoms with E-state index in [1.54, 1.807) is 12.1 Å². The van der Waals surface area contributed by atoms with Crippen LogP contribution in [0, 0.1) is 5.41 Å². The third-order valence-corrected chi connectivity index (χ3v) is 4.08. The number of benzene rings is 1. The standard InChI is InChI=1S/C16H23N3O2/c1-16(2)5-3-4-12(9-16)19-13-7-10(14(17)20)6-11(8-13)15(18)21/h6-8,12,19H,3-5,9H2,1-2H3,(H2,17,20)(H2,18,21). The molecular weight excluding hydrogens is 266 g/mol. The molecule has 21 heavy (non-hydrogen) atoms. The molecule has 0 bridgehead atoms. The summed E-state index contributed by atoms with van der Waals surface area (Å²) in [7, 11) is 0. The van der Waals surface area contributed by atoms with Gasteiger partial charge in [0.25, 0.3) is 0 Å². The van der Waals surface area contributed by atoms with Crippen LogP contribution in [-0.4, -0.2) is 17.9 Å². The van der Waals surface area contributed by atoms with Gasteiger partial charge in [-0.25, -0.2) is 0 Å². The van der Waals surface area contributed by atoms with Crippen molar-refractivity contribution in [2.75, 3.05) is 5.32 Å². The van der Waals surface area contributed by atoms with E-state index in [0.717, 1.165) is 18.5 Å². The van der Waals surface area contributed by atoms with Crippen molar-refractivity contribution in [1.29, 1.82) is 0 Å². The van der Waals surface area contributed by atoms with Crippen LogP contribution in [0.5, 0.6) is 0 Å². The van der Waals surface area contributed by atoms with Gasteiger partial charge in [0.2, 0.25) is 11.8 Å². The van der Waals surface area contributed by atoms with Gasteiger partial charge in [0.05, 0.1) is 0 Å². The summed E-state index contributed by atoms with van der Waals surface area (Å²) in [4.78, 5) is 22.7. The molecule has 114 valence electrons. The van der Waals surface area contributed by atoms with Crippen LogP contribution in [-0.2, 0) is 0 Å². The lowest BCUT2D eigenvalue weighted by molar-refractivity contribution is 0.0999. The second-order valence-corrected chi connectivity index (χ2v) is 6.63. The van der Waals surface area contributed by atoms with Gasteiger partial charge in [-0.15, -0.1) is 0 Å². The van der Waals surface area contributed by atoms with E-state index in [1.807, 2.05) is 0 Å². The monoisotopic (exact) mass is 289 g/mol. The number of nitrogens with one attached hydrogen (secondary N) is 1. The van der Waals surface area contributed by atoms with Gasteiger partial charge in [0.1, 0.15) is 0 Å². The Hall–Kier alpha value is -2.04. The Morgan fingerprint density at radius 3 is 2.19 bits per heavy atom. The Morgan fingerprint density at radius 1 is 1.14 bits per heavy atom. The topological polar surface area (TPSA) is 98.2 Å². The number of carbonyl (C=O) groups excluding carboxylic acids is 2. The Morgan fingerprint density at radius 2 is 1.71 bits per heavy atom. The van der Waals surface area contributed by atoms with Crippen LogP contribution in [0.4, 0.5) is 5.69 Å². The molecule has 1 aliphatic carbocycles. The Labute approximate surface area is 125 Å². The first-order chi connectivity index (χ1) is 9.77. The van der Waals surface area contributed by atoms with E-state index in [4.69, 9.17) is 11.5 Å². The molecule has 1 saturated carbocycles. The summed E-state index contributed by atoms with van der Waals surface area (Å²) in [5, 5.41) is 3.41. The molecule has 5 heteroatoms. The maximum Gasteiger partial charge on any atom is 0.248 e. The molecule has 1 fully saturated rings. The Balaban J connectivity index is 2.22. The maximum absolute atomic E-state index is 11.4. The highest BCUT2D eigenvalue weighted by atomic mass is 16.1. The zero-order valence-electron chi connectivity index (χ0n) is 12.6. The highest BCUT2D eigenvalue weighted by molar-refractivity contribution is 5.99. The minimum Gasteiger partial charge on any atom is -0.382 e. The van der Waals surface area contributed by atoms with Crippen molar-refractivity contribution in [3.63, 3.8) is 0 Å². The molecule has 0 heterocycles. The minimum absolute atomic E-state index is 0.295. The SMILES string of the molecule is CC1(C)CCCC(Nc2cc(C(N)=O)cc(C(N)=O)c2)C1. The van der Waals surface area contributed by atoms with E-state index < -0.39 is 11.8 Å². The van der Waals surface area contributed by atoms with E-state index in [9.17, 15) is 9.59 Å². The molecule has 0 saturated heterocycles. The van der Waals surface area contributed by atoms with Crippen molar-refractivity contribution in [2.45, 2.75) is 45.6 Å². The van der Waals surface area contributed by atoms with Gasteiger partial charge in [-0.3, -0.25) is 9.59 Å². The van der Waals surface area contributed by atoms with Gasteiger partial charge in [-0.05, 0) is 42.9 Å². The highest BCUT2D eigenvalue weighted by Gasteiger charge is 2.28. The molecule has 5 N–H and O–H groups in total. The first kappa shape index (κ1) is 15.4. The number of nitrogens with two attached hydrogens (primary N) is 2. The molecular formula is C16H23N3O2. The highest BCUT2D eigenvalue weighted by Crippen LogP contribution is 2.36. The summed E-state index contributed by atoms with van der Waals surface area (Å²) in [5.74, 6) is -1.13. The summed E-state index contributed by atoms with van der Waals surface area (Å²) in [6.07, 6.45) is 4.53. The van der Waals surface area contributed by atoms with Crippen LogP contribution in [0.3, 0.4) is 0 Å². The minimum atomic E-state index is -0.565. The first-order valence-corrected chi connectivity index (χ1v) is 7.28. The number of anilines is 1. The van der Waals surface area contributed by atoms with Gasteiger partial charge in [0, 0.05) is 22.9 Å². The Bertz CT molecular complexity index is 534. The number of hydrogen-bond donors (Lipinski definition) is 3. The number of amides is 2. The van der Waals surface area contributed by atoms with Crippen molar-refractivity contribution >= 4 is 17.5 Å². The summed E-state index contributed by atoms with van der Waals surface area (Å²) in [6, 6.07) is 5.12. The lowest BCUT2D eigenvalue weighted by atomic mass is 9.75. The van der Waals surface area contributed by atoms with Crippen molar-refractivity contribution in [2.24, 2.45) is 16.9 Å². The average Bonchev–Trinajstić information content (AvgIpc) is 2.36. The van der Waals surface area contributed by atoms with Gasteiger partial charge in [-0.1, -0.05) is 20.3 Å². The molecule has 1 atom stereocenters. The molecule has 1 aliphatic rings. The molecule has 0 radical (unpaired) electrons. The summed E-state index contributed by atoms with van der Waals surface area (Å²) in [5.41, 5.74) is 12.2. The molecule has 2 amide bonds. The zero-order chi connectivity index (χ0) is 15.6. The number of rotatable bonds is 4. The van der Waals surface area contributed by atoms with E-state index in [2.05, 4.69) is 19.2 Å². The fraction of sp³-hybridized carbons (Fsp3) is 0.500. The summed E-state index contributed by atoms with van der Waals surface area (Å²) >= 11 is 0. The summed E-state index contributed by atoms with van der Waals surface area (Å²) < 4.78 is 0. The second kappa shape index (κ2) is 5.76. The number of hydrogen-bond acceptors (Lipinski definition) is 3. The third-order valence-electron chi connectivity index (χ3n) is 4.08. The number of primary amides is 2. The lowest BCUT2D eigenvalue weighted by Crippen LogP contribution is -2.32. The van der Waals surface area contributed by atoms with Crippen LogP contribution >= 0.6 is 0 Å². The Kier molecular flexibility index (Phi) is 4.21. The number of carbonyl (C=O) groups is 2. The second-order valence-electron chi connectivity index (χ2n) is 6.63. The van der Waals surface area contributed by atoms with Crippen molar-refractivity contribution < 1.29 is 9.59 Å². The van der Waals surface area contributed by atoms with Crippen molar-refractivity contribution in [3.05, 3.63) is 29.3 Å². The van der Waals surface area contributed by atoms with E-state index in [0.29, 0.717) is 22.6 Å². The molecule has 1 aromatic rings.